The second-order valence-corrected chi connectivity index (χ2v) is 12.1. The number of ether oxygens (including phenoxy) is 1. The minimum absolute atomic E-state index is 0.521. The maximum atomic E-state index is 6.35. The predicted molar refractivity (Wildman–Crippen MR) is 153 cm³/mol. The molecule has 0 atom stereocenters. The maximum Gasteiger partial charge on any atom is 0.0575 e. The number of hydrogen-bond acceptors (Lipinski definition) is 1. The summed E-state index contributed by atoms with van der Waals surface area (Å²) in [5, 5.41) is 0. The molecule has 0 spiro atoms. The van der Waals surface area contributed by atoms with Crippen LogP contribution in [0, 0.1) is 11.8 Å². The minimum Gasteiger partial charge on any atom is -0.378 e. The number of rotatable bonds is 17. The van der Waals surface area contributed by atoms with Crippen LogP contribution in [0.2, 0.25) is 0 Å². The van der Waals surface area contributed by atoms with E-state index in [1.807, 2.05) is 0 Å². The van der Waals surface area contributed by atoms with Crippen LogP contribution in [0.15, 0.2) is 24.3 Å². The van der Waals surface area contributed by atoms with E-state index in [0.717, 1.165) is 24.4 Å². The fourth-order valence-corrected chi connectivity index (χ4v) is 6.74. The zero-order chi connectivity index (χ0) is 24.6. The molecule has 2 aliphatic carbocycles. The molecule has 1 aromatic carbocycles. The molecule has 0 aliphatic heterocycles. The zero-order valence-electron chi connectivity index (χ0n) is 23.6. The van der Waals surface area contributed by atoms with Gasteiger partial charge in [-0.25, -0.2) is 0 Å². The van der Waals surface area contributed by atoms with Crippen LogP contribution in [0.25, 0.3) is 0 Å². The van der Waals surface area contributed by atoms with Crippen molar-refractivity contribution in [3.8, 4) is 0 Å². The predicted octanol–water partition coefficient (Wildman–Crippen LogP) is 10.8. The number of unbranched alkanes of at least 4 members (excludes halogenated alkanes) is 7. The first kappa shape index (κ1) is 28.7. The smallest absolute Gasteiger partial charge is 0.0575 e. The molecule has 0 saturated heterocycles. The van der Waals surface area contributed by atoms with E-state index in [2.05, 4.69) is 38.1 Å². The molecule has 3 rings (SSSR count). The number of aryl methyl sites for hydroxylation is 1. The summed E-state index contributed by atoms with van der Waals surface area (Å²) in [5.74, 6) is 2.78. The van der Waals surface area contributed by atoms with Crippen LogP contribution < -0.4 is 0 Å². The third-order valence-electron chi connectivity index (χ3n) is 9.24. The van der Waals surface area contributed by atoms with Crippen molar-refractivity contribution < 1.29 is 4.74 Å². The highest BCUT2D eigenvalue weighted by Gasteiger charge is 2.24. The second-order valence-electron chi connectivity index (χ2n) is 12.1. The third kappa shape index (κ3) is 11.4. The van der Waals surface area contributed by atoms with Gasteiger partial charge in [0.05, 0.1) is 6.10 Å². The van der Waals surface area contributed by atoms with Gasteiger partial charge in [0, 0.05) is 6.61 Å². The van der Waals surface area contributed by atoms with Crippen LogP contribution in [0.3, 0.4) is 0 Å². The highest BCUT2D eigenvalue weighted by atomic mass is 16.5. The average Bonchev–Trinajstić information content (AvgIpc) is 2.90. The normalized spacial score (nSPS) is 25.1. The molecule has 2 fully saturated rings. The van der Waals surface area contributed by atoms with E-state index < -0.39 is 0 Å². The summed E-state index contributed by atoms with van der Waals surface area (Å²) < 4.78 is 6.35. The molecule has 0 unspecified atom stereocenters. The van der Waals surface area contributed by atoms with Gasteiger partial charge < -0.3 is 4.74 Å². The van der Waals surface area contributed by atoms with Crippen molar-refractivity contribution in [3.05, 3.63) is 35.4 Å². The first-order valence-electron chi connectivity index (χ1n) is 16.0. The molecule has 2 aliphatic rings. The van der Waals surface area contributed by atoms with Gasteiger partial charge in [-0.2, -0.15) is 0 Å². The van der Waals surface area contributed by atoms with Crippen LogP contribution >= 0.6 is 0 Å². The summed E-state index contributed by atoms with van der Waals surface area (Å²) in [4.78, 5) is 0. The number of benzene rings is 1. The first-order chi connectivity index (χ1) is 17.3. The topological polar surface area (TPSA) is 9.23 Å². The van der Waals surface area contributed by atoms with Gasteiger partial charge in [0.2, 0.25) is 0 Å². The third-order valence-corrected chi connectivity index (χ3v) is 9.24. The molecule has 200 valence electrons. The summed E-state index contributed by atoms with van der Waals surface area (Å²) in [6.45, 7) is 5.59. The van der Waals surface area contributed by atoms with Gasteiger partial charge in [-0.1, -0.05) is 122 Å². The Hall–Kier alpha value is -0.820. The summed E-state index contributed by atoms with van der Waals surface area (Å²) >= 11 is 0. The van der Waals surface area contributed by atoms with Crippen LogP contribution in [-0.4, -0.2) is 12.7 Å². The lowest BCUT2D eigenvalue weighted by Gasteiger charge is -2.30. The Morgan fingerprint density at radius 1 is 0.600 bits per heavy atom. The fourth-order valence-electron chi connectivity index (χ4n) is 6.74. The van der Waals surface area contributed by atoms with E-state index in [9.17, 15) is 0 Å². The first-order valence-corrected chi connectivity index (χ1v) is 16.0. The Kier molecular flexibility index (Phi) is 14.5. The molecule has 0 N–H and O–H groups in total. The van der Waals surface area contributed by atoms with Crippen molar-refractivity contribution in [1.82, 2.24) is 0 Å². The molecule has 1 aromatic rings. The second kappa shape index (κ2) is 17.6. The molecule has 0 aromatic heterocycles. The molecule has 0 bridgehead atoms. The van der Waals surface area contributed by atoms with Crippen molar-refractivity contribution in [2.45, 2.75) is 161 Å². The average molecular weight is 483 g/mol. The lowest BCUT2D eigenvalue weighted by atomic mass is 9.78. The molecule has 1 heteroatoms. The summed E-state index contributed by atoms with van der Waals surface area (Å²) in [5.41, 5.74) is 3.08. The van der Waals surface area contributed by atoms with Crippen molar-refractivity contribution in [2.75, 3.05) is 6.61 Å². The molecular weight excluding hydrogens is 424 g/mol. The molecule has 35 heavy (non-hydrogen) atoms. The highest BCUT2D eigenvalue weighted by Crippen LogP contribution is 2.36. The van der Waals surface area contributed by atoms with E-state index >= 15 is 0 Å². The maximum absolute atomic E-state index is 6.35. The van der Waals surface area contributed by atoms with Crippen molar-refractivity contribution in [2.24, 2.45) is 11.8 Å². The van der Waals surface area contributed by atoms with Crippen LogP contribution in [-0.2, 0) is 11.2 Å². The van der Waals surface area contributed by atoms with E-state index in [-0.39, 0.29) is 0 Å². The van der Waals surface area contributed by atoms with E-state index in [0.29, 0.717) is 6.10 Å². The summed E-state index contributed by atoms with van der Waals surface area (Å²) in [7, 11) is 0. The van der Waals surface area contributed by atoms with Gasteiger partial charge in [0.1, 0.15) is 0 Å². The molecule has 0 amide bonds. The lowest BCUT2D eigenvalue weighted by Crippen LogP contribution is -2.21. The molecule has 0 radical (unpaired) electrons. The van der Waals surface area contributed by atoms with E-state index in [4.69, 9.17) is 4.74 Å². The van der Waals surface area contributed by atoms with Gasteiger partial charge >= 0.3 is 0 Å². The van der Waals surface area contributed by atoms with Crippen LogP contribution in [0.1, 0.15) is 159 Å². The van der Waals surface area contributed by atoms with Crippen molar-refractivity contribution in [3.63, 3.8) is 0 Å². The summed E-state index contributed by atoms with van der Waals surface area (Å²) in [6.07, 6.45) is 29.8. The Balaban J connectivity index is 1.19. The lowest BCUT2D eigenvalue weighted by molar-refractivity contribution is 0.0204. The van der Waals surface area contributed by atoms with Crippen LogP contribution in [0.4, 0.5) is 0 Å². The molecular formula is C34H58O. The zero-order valence-corrected chi connectivity index (χ0v) is 23.6. The van der Waals surface area contributed by atoms with Gasteiger partial charge in [-0.15, -0.1) is 0 Å². The van der Waals surface area contributed by atoms with Gasteiger partial charge in [0.25, 0.3) is 0 Å². The van der Waals surface area contributed by atoms with E-state index in [1.54, 1.807) is 5.56 Å². The minimum atomic E-state index is 0.521. The monoisotopic (exact) mass is 482 g/mol. The molecule has 0 heterocycles. The molecule has 1 nitrogen and oxygen atoms in total. The largest absolute Gasteiger partial charge is 0.378 e. The fraction of sp³-hybridized carbons (Fsp3) is 0.824. The Bertz CT molecular complexity index is 618. The molecule has 2 saturated carbocycles. The van der Waals surface area contributed by atoms with Crippen molar-refractivity contribution in [1.29, 1.82) is 0 Å². The van der Waals surface area contributed by atoms with Crippen molar-refractivity contribution >= 4 is 0 Å². The highest BCUT2D eigenvalue weighted by molar-refractivity contribution is 5.26. The van der Waals surface area contributed by atoms with Gasteiger partial charge in [0.15, 0.2) is 0 Å². The standard InChI is InChI=1S/C34H58O/c1-3-5-7-8-9-11-14-29-16-18-31(19-17-29)15-12-28-35-34-26-24-33(25-27-34)32-22-20-30(21-23-32)13-10-6-4-2/h20-23,29,31,33-34H,3-19,24-28H2,1-2H3/t29-,31-,33-,34-. The van der Waals surface area contributed by atoms with Gasteiger partial charge in [-0.05, 0) is 80.2 Å². The Morgan fingerprint density at radius 3 is 1.83 bits per heavy atom. The Morgan fingerprint density at radius 2 is 1.17 bits per heavy atom. The van der Waals surface area contributed by atoms with E-state index in [1.165, 1.54) is 140 Å². The SMILES string of the molecule is CCCCCCCC[C@H]1CC[C@H](CCCO[C@H]2CC[C@H](c3ccc(CCCCC)cc3)CC2)CC1. The quantitative estimate of drug-likeness (QED) is 0.201. The van der Waals surface area contributed by atoms with Crippen LogP contribution in [0.5, 0.6) is 0 Å². The Labute approximate surface area is 219 Å². The van der Waals surface area contributed by atoms with Gasteiger partial charge in [-0.3, -0.25) is 0 Å². The summed E-state index contributed by atoms with van der Waals surface area (Å²) in [6, 6.07) is 9.59. The number of hydrogen-bond donors (Lipinski definition) is 0.